The van der Waals surface area contributed by atoms with Crippen LogP contribution in [-0.2, 0) is 13.0 Å². The highest BCUT2D eigenvalue weighted by atomic mass is 16.5. The van der Waals surface area contributed by atoms with Gasteiger partial charge < -0.3 is 19.1 Å². The van der Waals surface area contributed by atoms with E-state index in [1.807, 2.05) is 48.5 Å². The summed E-state index contributed by atoms with van der Waals surface area (Å²) in [6.07, 6.45) is 1.25. The molecule has 0 fully saturated rings. The van der Waals surface area contributed by atoms with Crippen LogP contribution in [0, 0.1) is 0 Å². The summed E-state index contributed by atoms with van der Waals surface area (Å²) in [5.41, 5.74) is 2.01. The van der Waals surface area contributed by atoms with Gasteiger partial charge in [0, 0.05) is 6.42 Å². The van der Waals surface area contributed by atoms with Crippen LogP contribution in [0.2, 0.25) is 0 Å². The molecule has 25 heavy (non-hydrogen) atoms. The minimum Gasteiger partial charge on any atom is -0.493 e. The molecule has 0 unspecified atom stereocenters. The van der Waals surface area contributed by atoms with Gasteiger partial charge in [0.15, 0.2) is 11.5 Å². The number of aromatic nitrogens is 2. The summed E-state index contributed by atoms with van der Waals surface area (Å²) in [5.74, 6) is 2.29. The summed E-state index contributed by atoms with van der Waals surface area (Å²) in [7, 11) is 1.60. The van der Waals surface area contributed by atoms with Crippen molar-refractivity contribution in [1.82, 2.24) is 9.55 Å². The number of methoxy groups -OCH3 is 1. The zero-order chi connectivity index (χ0) is 17.6. The number of ether oxygens (including phenoxy) is 2. The van der Waals surface area contributed by atoms with E-state index in [9.17, 15) is 5.11 Å². The molecule has 1 N–H and O–H groups in total. The van der Waals surface area contributed by atoms with Gasteiger partial charge in [0.05, 0.1) is 24.7 Å². The van der Waals surface area contributed by atoms with Crippen molar-refractivity contribution in [3.63, 3.8) is 0 Å². The maximum absolute atomic E-state index is 10.5. The molecule has 0 spiro atoms. The second-order valence-electron chi connectivity index (χ2n) is 5.99. The molecule has 1 atom stereocenters. The average Bonchev–Trinajstić information content (AvgIpc) is 2.98. The van der Waals surface area contributed by atoms with E-state index in [1.54, 1.807) is 7.11 Å². The Labute approximate surface area is 147 Å². The van der Waals surface area contributed by atoms with Gasteiger partial charge in [-0.25, -0.2) is 4.98 Å². The molecule has 5 heteroatoms. The third kappa shape index (κ3) is 3.94. The average molecular weight is 340 g/mol. The maximum Gasteiger partial charge on any atom is 0.161 e. The Hall–Kier alpha value is -2.53. The predicted molar refractivity (Wildman–Crippen MR) is 98.2 cm³/mol. The van der Waals surface area contributed by atoms with Crippen molar-refractivity contribution < 1.29 is 14.6 Å². The SMILES string of the molecule is CCCc1nc2ccccc2n1C[C@H](O)COc1ccccc1OC. The molecule has 5 nitrogen and oxygen atoms in total. The summed E-state index contributed by atoms with van der Waals surface area (Å²) in [6, 6.07) is 15.5. The lowest BCUT2D eigenvalue weighted by Crippen LogP contribution is -2.24. The van der Waals surface area contributed by atoms with Gasteiger partial charge in [0.25, 0.3) is 0 Å². The van der Waals surface area contributed by atoms with Crippen LogP contribution in [0.4, 0.5) is 0 Å². The molecule has 1 heterocycles. The molecule has 1 aromatic heterocycles. The Morgan fingerprint density at radius 3 is 2.56 bits per heavy atom. The molecule has 0 aliphatic heterocycles. The molecule has 132 valence electrons. The van der Waals surface area contributed by atoms with Gasteiger partial charge in [0.2, 0.25) is 0 Å². The smallest absolute Gasteiger partial charge is 0.161 e. The molecular formula is C20H24N2O3. The van der Waals surface area contributed by atoms with E-state index in [2.05, 4.69) is 11.5 Å². The van der Waals surface area contributed by atoms with E-state index in [0.717, 1.165) is 29.7 Å². The summed E-state index contributed by atoms with van der Waals surface area (Å²) in [6.45, 7) is 2.77. The van der Waals surface area contributed by atoms with Crippen molar-refractivity contribution >= 4 is 11.0 Å². The molecule has 3 aromatic rings. The third-order valence-corrected chi connectivity index (χ3v) is 4.10. The highest BCUT2D eigenvalue weighted by Gasteiger charge is 2.15. The van der Waals surface area contributed by atoms with Gasteiger partial charge in [-0.3, -0.25) is 0 Å². The van der Waals surface area contributed by atoms with E-state index >= 15 is 0 Å². The Balaban J connectivity index is 1.73. The van der Waals surface area contributed by atoms with Crippen LogP contribution in [-0.4, -0.2) is 34.5 Å². The van der Waals surface area contributed by atoms with Crippen LogP contribution in [0.15, 0.2) is 48.5 Å². The van der Waals surface area contributed by atoms with Gasteiger partial charge in [-0.15, -0.1) is 0 Å². The first kappa shape index (κ1) is 17.3. The normalized spacial score (nSPS) is 12.3. The first-order valence-electron chi connectivity index (χ1n) is 8.61. The fraction of sp³-hybridized carbons (Fsp3) is 0.350. The van der Waals surface area contributed by atoms with Crippen LogP contribution < -0.4 is 9.47 Å². The van der Waals surface area contributed by atoms with Gasteiger partial charge in [-0.1, -0.05) is 31.2 Å². The number of hydrogen-bond donors (Lipinski definition) is 1. The fourth-order valence-electron chi connectivity index (χ4n) is 2.93. The number of nitrogens with zero attached hydrogens (tertiary/aromatic N) is 2. The van der Waals surface area contributed by atoms with E-state index in [1.165, 1.54) is 0 Å². The number of aliphatic hydroxyl groups excluding tert-OH is 1. The van der Waals surface area contributed by atoms with Gasteiger partial charge >= 0.3 is 0 Å². The molecule has 0 saturated carbocycles. The monoisotopic (exact) mass is 340 g/mol. The van der Waals surface area contributed by atoms with Crippen LogP contribution in [0.25, 0.3) is 11.0 Å². The number of para-hydroxylation sites is 4. The van der Waals surface area contributed by atoms with Crippen LogP contribution in [0.1, 0.15) is 19.2 Å². The van der Waals surface area contributed by atoms with E-state index in [-0.39, 0.29) is 6.61 Å². The van der Waals surface area contributed by atoms with E-state index in [4.69, 9.17) is 14.5 Å². The van der Waals surface area contributed by atoms with Gasteiger partial charge in [-0.2, -0.15) is 0 Å². The Bertz CT molecular complexity index is 829. The number of fused-ring (bicyclic) bond motifs is 1. The van der Waals surface area contributed by atoms with Gasteiger partial charge in [-0.05, 0) is 30.7 Å². The highest BCUT2D eigenvalue weighted by molar-refractivity contribution is 5.75. The minimum atomic E-state index is -0.641. The fourth-order valence-corrected chi connectivity index (χ4v) is 2.93. The zero-order valence-corrected chi connectivity index (χ0v) is 14.7. The second kappa shape index (κ2) is 8.03. The van der Waals surface area contributed by atoms with Crippen LogP contribution in [0.5, 0.6) is 11.5 Å². The predicted octanol–water partition coefficient (Wildman–Crippen LogP) is 3.44. The minimum absolute atomic E-state index is 0.193. The van der Waals surface area contributed by atoms with Crippen LogP contribution >= 0.6 is 0 Å². The largest absolute Gasteiger partial charge is 0.493 e. The number of benzene rings is 2. The number of rotatable bonds is 8. The summed E-state index contributed by atoms with van der Waals surface area (Å²) < 4.78 is 13.1. The van der Waals surface area contributed by atoms with Gasteiger partial charge in [0.1, 0.15) is 18.5 Å². The van der Waals surface area contributed by atoms with Crippen molar-refractivity contribution in [2.75, 3.05) is 13.7 Å². The molecule has 0 radical (unpaired) electrons. The lowest BCUT2D eigenvalue weighted by Gasteiger charge is -2.16. The molecule has 2 aromatic carbocycles. The quantitative estimate of drug-likeness (QED) is 0.682. The Kier molecular flexibility index (Phi) is 5.56. The van der Waals surface area contributed by atoms with Crippen molar-refractivity contribution in [2.45, 2.75) is 32.4 Å². The van der Waals surface area contributed by atoms with Crippen LogP contribution in [0.3, 0.4) is 0 Å². The van der Waals surface area contributed by atoms with E-state index in [0.29, 0.717) is 18.0 Å². The zero-order valence-electron chi connectivity index (χ0n) is 14.7. The van der Waals surface area contributed by atoms with Crippen molar-refractivity contribution in [1.29, 1.82) is 0 Å². The number of hydrogen-bond acceptors (Lipinski definition) is 4. The number of aryl methyl sites for hydroxylation is 1. The summed E-state index contributed by atoms with van der Waals surface area (Å²) in [4.78, 5) is 4.69. The molecule has 0 saturated heterocycles. The number of imidazole rings is 1. The first-order valence-corrected chi connectivity index (χ1v) is 8.61. The third-order valence-electron chi connectivity index (χ3n) is 4.10. The highest BCUT2D eigenvalue weighted by Crippen LogP contribution is 2.26. The maximum atomic E-state index is 10.5. The van der Waals surface area contributed by atoms with Crippen molar-refractivity contribution in [2.24, 2.45) is 0 Å². The first-order chi connectivity index (χ1) is 12.2. The molecule has 0 aliphatic rings. The molecule has 0 aliphatic carbocycles. The molecular weight excluding hydrogens is 316 g/mol. The Morgan fingerprint density at radius 2 is 1.80 bits per heavy atom. The summed E-state index contributed by atoms with van der Waals surface area (Å²) in [5, 5.41) is 10.5. The standard InChI is InChI=1S/C20H24N2O3/c1-3-8-20-21-16-9-4-5-10-17(16)22(20)13-15(23)14-25-19-12-7-6-11-18(19)24-2/h4-7,9-12,15,23H,3,8,13-14H2,1-2H3/t15-/m0/s1. The molecule has 0 bridgehead atoms. The van der Waals surface area contributed by atoms with Crippen molar-refractivity contribution in [3.05, 3.63) is 54.4 Å². The lowest BCUT2D eigenvalue weighted by atomic mass is 10.3. The topological polar surface area (TPSA) is 56.5 Å². The summed E-state index contributed by atoms with van der Waals surface area (Å²) >= 11 is 0. The van der Waals surface area contributed by atoms with E-state index < -0.39 is 6.10 Å². The lowest BCUT2D eigenvalue weighted by molar-refractivity contribution is 0.0912. The second-order valence-corrected chi connectivity index (χ2v) is 5.99. The van der Waals surface area contributed by atoms with Crippen molar-refractivity contribution in [3.8, 4) is 11.5 Å². The molecule has 0 amide bonds. The Morgan fingerprint density at radius 1 is 1.08 bits per heavy atom. The number of aliphatic hydroxyl groups is 1. The molecule has 3 rings (SSSR count).